The number of nitrogens with zero attached hydrogens (tertiary/aromatic N) is 1. The first kappa shape index (κ1) is 18.7. The summed E-state index contributed by atoms with van der Waals surface area (Å²) in [5.41, 5.74) is 0.978. The van der Waals surface area contributed by atoms with Crippen LogP contribution < -0.4 is 15.4 Å². The minimum Gasteiger partial charge on any atom is -0.497 e. The minimum absolute atomic E-state index is 0.0154. The predicted molar refractivity (Wildman–Crippen MR) is 90.1 cm³/mol. The molecule has 25 heavy (non-hydrogen) atoms. The number of benzene rings is 1. The van der Waals surface area contributed by atoms with Crippen LogP contribution >= 0.6 is 0 Å². The number of ether oxygens (including phenoxy) is 1. The van der Waals surface area contributed by atoms with Crippen molar-refractivity contribution in [2.75, 3.05) is 26.8 Å². The lowest BCUT2D eigenvalue weighted by Gasteiger charge is -2.13. The van der Waals surface area contributed by atoms with Crippen LogP contribution in [0.4, 0.5) is 4.79 Å². The van der Waals surface area contributed by atoms with Gasteiger partial charge in [0.25, 0.3) is 5.91 Å². The van der Waals surface area contributed by atoms with Crippen molar-refractivity contribution < 1.29 is 24.2 Å². The Bertz CT molecular complexity index is 617. The fourth-order valence-corrected chi connectivity index (χ4v) is 2.52. The molecule has 1 heterocycles. The molecule has 1 aromatic carbocycles. The molecule has 0 spiro atoms. The van der Waals surface area contributed by atoms with E-state index in [1.165, 1.54) is 0 Å². The number of carbonyl (C=O) groups is 3. The second-order valence-electron chi connectivity index (χ2n) is 5.72. The summed E-state index contributed by atoms with van der Waals surface area (Å²) in [6.07, 6.45) is 0.873. The van der Waals surface area contributed by atoms with Crippen molar-refractivity contribution in [1.82, 2.24) is 15.5 Å². The Kier molecular flexibility index (Phi) is 6.76. The normalized spacial score (nSPS) is 16.7. The van der Waals surface area contributed by atoms with Crippen LogP contribution in [-0.4, -0.2) is 60.7 Å². The number of aliphatic hydroxyl groups is 1. The lowest BCUT2D eigenvalue weighted by molar-refractivity contribution is -0.130. The van der Waals surface area contributed by atoms with E-state index in [4.69, 9.17) is 9.84 Å². The van der Waals surface area contributed by atoms with Crippen LogP contribution in [0.2, 0.25) is 0 Å². The standard InChI is InChI=1S/C17H23N3O5/c1-25-13-5-3-12(4-6-13)7-9-20-16(23)14(19-17(20)24)11-15(22)18-8-2-10-21/h3-6,14,21H,2,7-11H2,1H3,(H,18,22)(H,19,24). The van der Waals surface area contributed by atoms with Crippen molar-refractivity contribution in [2.24, 2.45) is 0 Å². The van der Waals surface area contributed by atoms with Crippen molar-refractivity contribution in [3.63, 3.8) is 0 Å². The molecule has 1 aromatic rings. The average molecular weight is 349 g/mol. The molecule has 0 saturated carbocycles. The first-order chi connectivity index (χ1) is 12.0. The zero-order chi connectivity index (χ0) is 18.2. The number of hydrogen-bond donors (Lipinski definition) is 3. The summed E-state index contributed by atoms with van der Waals surface area (Å²) in [5.74, 6) is 0.0194. The van der Waals surface area contributed by atoms with Crippen LogP contribution in [0.5, 0.6) is 5.75 Å². The van der Waals surface area contributed by atoms with Gasteiger partial charge in [0.15, 0.2) is 0 Å². The third kappa shape index (κ3) is 5.18. The third-order valence-corrected chi connectivity index (χ3v) is 3.94. The van der Waals surface area contributed by atoms with E-state index in [-0.39, 0.29) is 25.5 Å². The summed E-state index contributed by atoms with van der Waals surface area (Å²) in [5, 5.41) is 13.8. The maximum atomic E-state index is 12.3. The number of hydrogen-bond acceptors (Lipinski definition) is 5. The van der Waals surface area contributed by atoms with Gasteiger partial charge in [-0.25, -0.2) is 4.79 Å². The summed E-state index contributed by atoms with van der Waals surface area (Å²) in [4.78, 5) is 37.2. The van der Waals surface area contributed by atoms with E-state index in [0.717, 1.165) is 16.2 Å². The van der Waals surface area contributed by atoms with Crippen LogP contribution in [0.3, 0.4) is 0 Å². The number of rotatable bonds is 9. The molecule has 1 saturated heterocycles. The highest BCUT2D eigenvalue weighted by Crippen LogP contribution is 2.14. The molecule has 1 unspecified atom stereocenters. The molecule has 136 valence electrons. The quantitative estimate of drug-likeness (QED) is 0.431. The number of aliphatic hydroxyl groups excluding tert-OH is 1. The largest absolute Gasteiger partial charge is 0.497 e. The summed E-state index contributed by atoms with van der Waals surface area (Å²) >= 11 is 0. The maximum absolute atomic E-state index is 12.3. The van der Waals surface area contributed by atoms with Gasteiger partial charge >= 0.3 is 6.03 Å². The van der Waals surface area contributed by atoms with Crippen LogP contribution in [0.25, 0.3) is 0 Å². The number of carbonyl (C=O) groups excluding carboxylic acids is 3. The van der Waals surface area contributed by atoms with E-state index in [2.05, 4.69) is 10.6 Å². The Morgan fingerprint density at radius 2 is 2.04 bits per heavy atom. The summed E-state index contributed by atoms with van der Waals surface area (Å²) in [6, 6.07) is 6.08. The topological polar surface area (TPSA) is 108 Å². The smallest absolute Gasteiger partial charge is 0.324 e. The maximum Gasteiger partial charge on any atom is 0.324 e. The van der Waals surface area contributed by atoms with Gasteiger partial charge in [0.2, 0.25) is 5.91 Å². The number of nitrogens with one attached hydrogen (secondary N) is 2. The lowest BCUT2D eigenvalue weighted by Crippen LogP contribution is -2.37. The molecule has 3 N–H and O–H groups in total. The fourth-order valence-electron chi connectivity index (χ4n) is 2.52. The van der Waals surface area contributed by atoms with E-state index in [1.807, 2.05) is 24.3 Å². The Hall–Kier alpha value is -2.61. The second kappa shape index (κ2) is 9.03. The van der Waals surface area contributed by atoms with Crippen LogP contribution in [0.1, 0.15) is 18.4 Å². The van der Waals surface area contributed by atoms with E-state index >= 15 is 0 Å². The Morgan fingerprint density at radius 3 is 2.68 bits per heavy atom. The van der Waals surface area contributed by atoms with Crippen LogP contribution in [0.15, 0.2) is 24.3 Å². The summed E-state index contributed by atoms with van der Waals surface area (Å²) < 4.78 is 5.09. The zero-order valence-electron chi connectivity index (χ0n) is 14.2. The van der Waals surface area contributed by atoms with Gasteiger partial charge in [-0.1, -0.05) is 12.1 Å². The molecular formula is C17H23N3O5. The molecular weight excluding hydrogens is 326 g/mol. The molecule has 8 heteroatoms. The van der Waals surface area contributed by atoms with E-state index in [0.29, 0.717) is 19.4 Å². The molecule has 0 aromatic heterocycles. The third-order valence-electron chi connectivity index (χ3n) is 3.94. The molecule has 2 rings (SSSR count). The van der Waals surface area contributed by atoms with Crippen molar-refractivity contribution >= 4 is 17.8 Å². The molecule has 1 fully saturated rings. The number of urea groups is 1. The van der Waals surface area contributed by atoms with Gasteiger partial charge in [0, 0.05) is 19.7 Å². The highest BCUT2D eigenvalue weighted by molar-refractivity contribution is 6.05. The van der Waals surface area contributed by atoms with E-state index in [1.54, 1.807) is 7.11 Å². The molecule has 1 aliphatic rings. The van der Waals surface area contributed by atoms with Gasteiger partial charge < -0.3 is 20.5 Å². The zero-order valence-corrected chi connectivity index (χ0v) is 14.2. The van der Waals surface area contributed by atoms with Crippen molar-refractivity contribution in [2.45, 2.75) is 25.3 Å². The van der Waals surface area contributed by atoms with Gasteiger partial charge in [-0.15, -0.1) is 0 Å². The number of methoxy groups -OCH3 is 1. The first-order valence-corrected chi connectivity index (χ1v) is 8.17. The van der Waals surface area contributed by atoms with Gasteiger partial charge in [0.1, 0.15) is 11.8 Å². The number of imide groups is 1. The van der Waals surface area contributed by atoms with Crippen molar-refractivity contribution in [1.29, 1.82) is 0 Å². The molecule has 8 nitrogen and oxygen atoms in total. The van der Waals surface area contributed by atoms with Gasteiger partial charge in [-0.3, -0.25) is 14.5 Å². The Labute approximate surface area is 146 Å². The molecule has 4 amide bonds. The lowest BCUT2D eigenvalue weighted by atomic mass is 10.1. The average Bonchev–Trinajstić information content (AvgIpc) is 2.87. The number of amides is 4. The Morgan fingerprint density at radius 1 is 1.32 bits per heavy atom. The SMILES string of the molecule is COc1ccc(CCN2C(=O)NC(CC(=O)NCCCO)C2=O)cc1. The monoisotopic (exact) mass is 349 g/mol. The fraction of sp³-hybridized carbons (Fsp3) is 0.471. The van der Waals surface area contributed by atoms with Crippen LogP contribution in [0, 0.1) is 0 Å². The molecule has 0 aliphatic carbocycles. The molecule has 0 radical (unpaired) electrons. The van der Waals surface area contributed by atoms with Gasteiger partial charge in [0.05, 0.1) is 13.5 Å². The highest BCUT2D eigenvalue weighted by atomic mass is 16.5. The summed E-state index contributed by atoms with van der Waals surface area (Å²) in [7, 11) is 1.59. The van der Waals surface area contributed by atoms with Crippen molar-refractivity contribution in [3.8, 4) is 5.75 Å². The van der Waals surface area contributed by atoms with Crippen molar-refractivity contribution in [3.05, 3.63) is 29.8 Å². The Balaban J connectivity index is 1.84. The predicted octanol–water partition coefficient (Wildman–Crippen LogP) is 0.0468. The van der Waals surface area contributed by atoms with E-state index < -0.39 is 18.0 Å². The summed E-state index contributed by atoms with van der Waals surface area (Å²) in [6.45, 7) is 0.573. The minimum atomic E-state index is -0.836. The van der Waals surface area contributed by atoms with Gasteiger partial charge in [-0.05, 0) is 30.5 Å². The molecule has 1 atom stereocenters. The van der Waals surface area contributed by atoms with Crippen LogP contribution in [-0.2, 0) is 16.0 Å². The molecule has 1 aliphatic heterocycles. The second-order valence-corrected chi connectivity index (χ2v) is 5.72. The van der Waals surface area contributed by atoms with E-state index in [9.17, 15) is 14.4 Å². The van der Waals surface area contributed by atoms with Gasteiger partial charge in [-0.2, -0.15) is 0 Å². The molecule has 0 bridgehead atoms. The first-order valence-electron chi connectivity index (χ1n) is 8.17. The highest BCUT2D eigenvalue weighted by Gasteiger charge is 2.38.